The number of hydroxylamine groups is 1. The maximum absolute atomic E-state index is 10.3. The van der Waals surface area contributed by atoms with Gasteiger partial charge >= 0.3 is 0 Å². The molecule has 0 aliphatic heterocycles. The zero-order valence-electron chi connectivity index (χ0n) is 13.0. The van der Waals surface area contributed by atoms with E-state index in [-0.39, 0.29) is 17.4 Å². The van der Waals surface area contributed by atoms with Crippen LogP contribution in [-0.2, 0) is 0 Å². The summed E-state index contributed by atoms with van der Waals surface area (Å²) in [6.45, 7) is 5.81. The Balaban J connectivity index is 2.38. The summed E-state index contributed by atoms with van der Waals surface area (Å²) in [6.07, 6.45) is -0.944. The Morgan fingerprint density at radius 1 is 0.955 bits per heavy atom. The molecule has 0 saturated carbocycles. The monoisotopic (exact) mass is 302 g/mol. The second-order valence-corrected chi connectivity index (χ2v) is 5.75. The van der Waals surface area contributed by atoms with Crippen LogP contribution in [0.15, 0.2) is 36.4 Å². The van der Waals surface area contributed by atoms with Crippen LogP contribution >= 0.6 is 0 Å². The van der Waals surface area contributed by atoms with Crippen molar-refractivity contribution in [2.45, 2.75) is 32.9 Å². The largest absolute Gasteiger partial charge is 0.508 e. The van der Waals surface area contributed by atoms with Gasteiger partial charge in [-0.2, -0.15) is 0 Å². The summed E-state index contributed by atoms with van der Waals surface area (Å²) in [4.78, 5) is 0. The number of benzene rings is 2. The molecule has 0 radical (unpaired) electrons. The molecular weight excluding hydrogens is 280 g/mol. The molecule has 0 saturated heterocycles. The number of nitrogens with two attached hydrogens (primary N) is 1. The number of rotatable bonds is 4. The van der Waals surface area contributed by atoms with Gasteiger partial charge in [-0.05, 0) is 36.6 Å². The van der Waals surface area contributed by atoms with Gasteiger partial charge in [0, 0.05) is 11.6 Å². The normalized spacial score (nSPS) is 12.5. The molecule has 1 atom stereocenters. The molecule has 118 valence electrons. The molecular formula is C17H22N2O3. The highest BCUT2D eigenvalue weighted by molar-refractivity contribution is 5.52. The number of hydrogen-bond donors (Lipinski definition) is 4. The number of aryl methyl sites for hydroxylation is 1. The Labute approximate surface area is 130 Å². The average Bonchev–Trinajstić information content (AvgIpc) is 2.46. The Morgan fingerprint density at radius 2 is 1.50 bits per heavy atom. The number of nitrogens with zero attached hydrogens (tertiary/aromatic N) is 1. The van der Waals surface area contributed by atoms with E-state index in [1.807, 2.05) is 32.9 Å². The van der Waals surface area contributed by atoms with Crippen molar-refractivity contribution < 1.29 is 15.4 Å². The lowest BCUT2D eigenvalue weighted by molar-refractivity contribution is 0.216. The van der Waals surface area contributed by atoms with Crippen molar-refractivity contribution in [2.24, 2.45) is 5.73 Å². The molecule has 0 bridgehead atoms. The van der Waals surface area contributed by atoms with E-state index in [0.717, 1.165) is 10.6 Å². The maximum Gasteiger partial charge on any atom is 0.133 e. The molecule has 2 rings (SSSR count). The predicted octanol–water partition coefficient (Wildman–Crippen LogP) is 3.38. The second-order valence-electron chi connectivity index (χ2n) is 5.75. The van der Waals surface area contributed by atoms with Crippen LogP contribution in [0.25, 0.3) is 0 Å². The van der Waals surface area contributed by atoms with E-state index in [2.05, 4.69) is 0 Å². The highest BCUT2D eigenvalue weighted by Crippen LogP contribution is 2.36. The van der Waals surface area contributed by atoms with Gasteiger partial charge in [-0.3, -0.25) is 5.21 Å². The summed E-state index contributed by atoms with van der Waals surface area (Å²) in [5.74, 6) is -0.0677. The van der Waals surface area contributed by atoms with Crippen LogP contribution in [0.1, 0.15) is 42.6 Å². The van der Waals surface area contributed by atoms with Gasteiger partial charge in [0.25, 0.3) is 0 Å². The summed E-state index contributed by atoms with van der Waals surface area (Å²) in [6, 6.07) is 10.1. The maximum atomic E-state index is 10.3. The molecule has 0 spiro atoms. The van der Waals surface area contributed by atoms with Gasteiger partial charge in [-0.25, -0.2) is 5.06 Å². The lowest BCUT2D eigenvalue weighted by Gasteiger charge is -2.26. The third-order valence-corrected chi connectivity index (χ3v) is 3.68. The molecule has 0 heterocycles. The van der Waals surface area contributed by atoms with Gasteiger partial charge < -0.3 is 15.9 Å². The summed E-state index contributed by atoms with van der Waals surface area (Å²) in [5.41, 5.74) is 8.68. The Kier molecular flexibility index (Phi) is 4.59. The van der Waals surface area contributed by atoms with E-state index in [1.165, 1.54) is 6.07 Å². The fourth-order valence-electron chi connectivity index (χ4n) is 2.30. The molecule has 2 aromatic rings. The number of phenolic OH excluding ortho intramolecular Hbond substituents is 2. The molecule has 0 aliphatic carbocycles. The molecule has 0 amide bonds. The van der Waals surface area contributed by atoms with Gasteiger partial charge in [-0.15, -0.1) is 0 Å². The first kappa shape index (κ1) is 16.1. The molecule has 5 heteroatoms. The first-order valence-electron chi connectivity index (χ1n) is 7.17. The van der Waals surface area contributed by atoms with Crippen LogP contribution < -0.4 is 10.8 Å². The van der Waals surface area contributed by atoms with Crippen molar-refractivity contribution >= 4 is 5.69 Å². The SMILES string of the molecule is Cc1ccc(N(O)C(N)c2cc(C(C)C)c(O)cc2O)cc1. The third-order valence-electron chi connectivity index (χ3n) is 3.68. The van der Waals surface area contributed by atoms with Crippen molar-refractivity contribution in [1.82, 2.24) is 0 Å². The second kappa shape index (κ2) is 6.25. The number of hydrogen-bond acceptors (Lipinski definition) is 5. The van der Waals surface area contributed by atoms with Gasteiger partial charge in [0.15, 0.2) is 0 Å². The van der Waals surface area contributed by atoms with E-state index >= 15 is 0 Å². The minimum Gasteiger partial charge on any atom is -0.508 e. The summed E-state index contributed by atoms with van der Waals surface area (Å²) in [7, 11) is 0. The average molecular weight is 302 g/mol. The van der Waals surface area contributed by atoms with Gasteiger partial charge in [0.05, 0.1) is 5.69 Å². The van der Waals surface area contributed by atoms with Crippen LogP contribution in [0.5, 0.6) is 11.5 Å². The summed E-state index contributed by atoms with van der Waals surface area (Å²) < 4.78 is 0. The first-order valence-corrected chi connectivity index (χ1v) is 7.17. The molecule has 0 fully saturated rings. The Morgan fingerprint density at radius 3 is 2.05 bits per heavy atom. The standard InChI is InChI=1S/C17H22N2O3/c1-10(2)13-8-14(16(21)9-15(13)20)17(18)19(22)12-6-4-11(3)5-7-12/h4-10,17,20-22H,18H2,1-3H3. The minimum absolute atomic E-state index is 0.0169. The number of phenols is 2. The van der Waals surface area contributed by atoms with Crippen molar-refractivity contribution in [3.8, 4) is 11.5 Å². The van der Waals surface area contributed by atoms with E-state index < -0.39 is 6.17 Å². The molecule has 2 aromatic carbocycles. The van der Waals surface area contributed by atoms with Gasteiger partial charge in [0.1, 0.15) is 17.7 Å². The lowest BCUT2D eigenvalue weighted by atomic mass is 9.97. The van der Waals surface area contributed by atoms with Crippen LogP contribution in [0.4, 0.5) is 5.69 Å². The zero-order chi connectivity index (χ0) is 16.4. The lowest BCUT2D eigenvalue weighted by Crippen LogP contribution is -2.31. The van der Waals surface area contributed by atoms with Crippen LogP contribution in [0.2, 0.25) is 0 Å². The number of aromatic hydroxyl groups is 2. The first-order chi connectivity index (χ1) is 10.3. The van der Waals surface area contributed by atoms with E-state index in [4.69, 9.17) is 5.73 Å². The Hall–Kier alpha value is -2.24. The van der Waals surface area contributed by atoms with Crippen LogP contribution in [0.3, 0.4) is 0 Å². The number of anilines is 1. The molecule has 22 heavy (non-hydrogen) atoms. The van der Waals surface area contributed by atoms with Crippen molar-refractivity contribution in [1.29, 1.82) is 0 Å². The molecule has 5 N–H and O–H groups in total. The van der Waals surface area contributed by atoms with Gasteiger partial charge in [-0.1, -0.05) is 31.5 Å². The minimum atomic E-state index is -0.944. The topological polar surface area (TPSA) is 90.0 Å². The highest BCUT2D eigenvalue weighted by atomic mass is 16.5. The summed E-state index contributed by atoms with van der Waals surface area (Å²) in [5, 5.41) is 31.1. The smallest absolute Gasteiger partial charge is 0.133 e. The van der Waals surface area contributed by atoms with Crippen LogP contribution in [0, 0.1) is 6.92 Å². The van der Waals surface area contributed by atoms with Crippen molar-refractivity contribution in [2.75, 3.05) is 5.06 Å². The van der Waals surface area contributed by atoms with Crippen LogP contribution in [-0.4, -0.2) is 15.4 Å². The van der Waals surface area contributed by atoms with Gasteiger partial charge in [0.2, 0.25) is 0 Å². The van der Waals surface area contributed by atoms with E-state index in [0.29, 0.717) is 16.8 Å². The zero-order valence-corrected chi connectivity index (χ0v) is 13.0. The molecule has 5 nitrogen and oxygen atoms in total. The predicted molar refractivity (Wildman–Crippen MR) is 86.2 cm³/mol. The van der Waals surface area contributed by atoms with Crippen molar-refractivity contribution in [3.63, 3.8) is 0 Å². The molecule has 0 aromatic heterocycles. The summed E-state index contributed by atoms with van der Waals surface area (Å²) >= 11 is 0. The molecule has 1 unspecified atom stereocenters. The highest BCUT2D eigenvalue weighted by Gasteiger charge is 2.21. The fraction of sp³-hybridized carbons (Fsp3) is 0.294. The van der Waals surface area contributed by atoms with Crippen molar-refractivity contribution in [3.05, 3.63) is 53.1 Å². The van der Waals surface area contributed by atoms with E-state index in [1.54, 1.807) is 18.2 Å². The van der Waals surface area contributed by atoms with E-state index in [9.17, 15) is 15.4 Å². The Bertz CT molecular complexity index is 654. The molecule has 0 aliphatic rings. The fourth-order valence-corrected chi connectivity index (χ4v) is 2.30. The third kappa shape index (κ3) is 3.16. The quantitative estimate of drug-likeness (QED) is 0.513.